The molecule has 1 saturated carbocycles. The van der Waals surface area contributed by atoms with Crippen LogP contribution in [0.15, 0.2) is 6.20 Å². The Hall–Kier alpha value is -2.45. The molecule has 1 aliphatic carbocycles. The maximum absolute atomic E-state index is 11.9. The molecule has 9 nitrogen and oxygen atoms in total. The third kappa shape index (κ3) is 3.77. The van der Waals surface area contributed by atoms with Crippen molar-refractivity contribution in [2.75, 3.05) is 0 Å². The molecule has 21 heavy (non-hydrogen) atoms. The molecule has 0 unspecified atom stereocenters. The van der Waals surface area contributed by atoms with Crippen LogP contribution in [-0.4, -0.2) is 37.7 Å². The highest BCUT2D eigenvalue weighted by Crippen LogP contribution is 2.18. The van der Waals surface area contributed by atoms with Crippen LogP contribution < -0.4 is 5.32 Å². The number of nitrogens with one attached hydrogen (secondary N) is 1. The molecule has 0 aliphatic heterocycles. The van der Waals surface area contributed by atoms with Crippen LogP contribution in [0.2, 0.25) is 0 Å². The van der Waals surface area contributed by atoms with E-state index in [9.17, 15) is 19.7 Å². The number of aromatic nitrogens is 2. The van der Waals surface area contributed by atoms with Gasteiger partial charge in [-0.25, -0.2) is 4.79 Å². The lowest BCUT2D eigenvalue weighted by Crippen LogP contribution is -2.38. The van der Waals surface area contributed by atoms with Crippen molar-refractivity contribution in [2.24, 2.45) is 0 Å². The Morgan fingerprint density at radius 2 is 2.10 bits per heavy atom. The van der Waals surface area contributed by atoms with Crippen molar-refractivity contribution in [1.82, 2.24) is 15.1 Å². The zero-order valence-electron chi connectivity index (χ0n) is 11.3. The normalized spacial score (nSPS) is 15.6. The molecule has 1 heterocycles. The first-order valence-corrected chi connectivity index (χ1v) is 6.72. The summed E-state index contributed by atoms with van der Waals surface area (Å²) in [4.78, 5) is 32.6. The van der Waals surface area contributed by atoms with Crippen LogP contribution in [0, 0.1) is 10.1 Å². The molecule has 2 N–H and O–H groups in total. The largest absolute Gasteiger partial charge is 0.476 e. The fourth-order valence-electron chi connectivity index (χ4n) is 2.45. The molecule has 0 saturated heterocycles. The average Bonchev–Trinajstić information content (AvgIpc) is 2.84. The third-order valence-corrected chi connectivity index (χ3v) is 3.42. The molecule has 1 aromatic rings. The number of aromatic carboxylic acids is 1. The van der Waals surface area contributed by atoms with Gasteiger partial charge in [-0.2, -0.15) is 5.10 Å². The number of nitrogens with zero attached hydrogens (tertiary/aromatic N) is 3. The van der Waals surface area contributed by atoms with Crippen molar-refractivity contribution in [3.63, 3.8) is 0 Å². The van der Waals surface area contributed by atoms with Crippen molar-refractivity contribution in [1.29, 1.82) is 0 Å². The van der Waals surface area contributed by atoms with Gasteiger partial charge < -0.3 is 10.4 Å². The van der Waals surface area contributed by atoms with Gasteiger partial charge in [-0.15, -0.1) is 0 Å². The fourth-order valence-corrected chi connectivity index (χ4v) is 2.45. The van der Waals surface area contributed by atoms with Gasteiger partial charge in [0, 0.05) is 6.04 Å². The molecule has 0 atom stereocenters. The van der Waals surface area contributed by atoms with E-state index in [-0.39, 0.29) is 18.5 Å². The van der Waals surface area contributed by atoms with Crippen molar-refractivity contribution in [3.8, 4) is 0 Å². The highest BCUT2D eigenvalue weighted by atomic mass is 16.6. The number of carbonyl (C=O) groups excluding carboxylic acids is 1. The molecule has 0 aromatic carbocycles. The maximum atomic E-state index is 11.9. The van der Waals surface area contributed by atoms with Gasteiger partial charge in [0.15, 0.2) is 0 Å². The second-order valence-corrected chi connectivity index (χ2v) is 5.03. The first-order chi connectivity index (χ1) is 9.97. The van der Waals surface area contributed by atoms with Crippen molar-refractivity contribution < 1.29 is 19.6 Å². The molecular weight excluding hydrogens is 280 g/mol. The second-order valence-electron chi connectivity index (χ2n) is 5.03. The molecule has 0 radical (unpaired) electrons. The molecule has 2 rings (SSSR count). The number of carboxylic acids is 1. The summed E-state index contributed by atoms with van der Waals surface area (Å²) in [5.41, 5.74) is -1.28. The SMILES string of the molecule is O=C(Cn1cc([N+](=O)[O-])c(C(=O)O)n1)NC1CCCCC1. The Bertz CT molecular complexity index is 530. The van der Waals surface area contributed by atoms with Crippen molar-refractivity contribution in [3.05, 3.63) is 22.0 Å². The zero-order valence-corrected chi connectivity index (χ0v) is 11.3. The van der Waals surface area contributed by atoms with Gasteiger partial charge in [0.05, 0.1) is 4.92 Å². The summed E-state index contributed by atoms with van der Waals surface area (Å²) in [6.45, 7) is -0.232. The Kier molecular flexibility index (Phi) is 4.51. The van der Waals surface area contributed by atoms with Gasteiger partial charge in [0.1, 0.15) is 12.7 Å². The number of hydrogen-bond acceptors (Lipinski definition) is 5. The summed E-state index contributed by atoms with van der Waals surface area (Å²) in [6, 6.07) is 0.121. The molecule has 1 fully saturated rings. The molecule has 1 amide bonds. The zero-order chi connectivity index (χ0) is 15.4. The van der Waals surface area contributed by atoms with E-state index in [4.69, 9.17) is 5.11 Å². The van der Waals surface area contributed by atoms with Crippen LogP contribution in [0.3, 0.4) is 0 Å². The lowest BCUT2D eigenvalue weighted by molar-refractivity contribution is -0.385. The fraction of sp³-hybridized carbons (Fsp3) is 0.583. The lowest BCUT2D eigenvalue weighted by Gasteiger charge is -2.22. The lowest BCUT2D eigenvalue weighted by atomic mass is 9.95. The summed E-state index contributed by atoms with van der Waals surface area (Å²) < 4.78 is 0.986. The molecule has 114 valence electrons. The first kappa shape index (κ1) is 14.9. The molecule has 9 heteroatoms. The van der Waals surface area contributed by atoms with Gasteiger partial charge >= 0.3 is 11.7 Å². The van der Waals surface area contributed by atoms with Gasteiger partial charge in [0.25, 0.3) is 0 Å². The maximum Gasteiger partial charge on any atom is 0.363 e. The van der Waals surface area contributed by atoms with Gasteiger partial charge in [0.2, 0.25) is 11.6 Å². The second kappa shape index (κ2) is 6.33. The molecule has 1 aliphatic rings. The summed E-state index contributed by atoms with van der Waals surface area (Å²) in [5, 5.41) is 26.0. The monoisotopic (exact) mass is 296 g/mol. The van der Waals surface area contributed by atoms with Crippen LogP contribution in [0.25, 0.3) is 0 Å². The van der Waals surface area contributed by atoms with Gasteiger partial charge in [-0.3, -0.25) is 19.6 Å². The standard InChI is InChI=1S/C12H16N4O5/c17-10(13-8-4-2-1-3-5-8)7-15-6-9(16(20)21)11(14-15)12(18)19/h6,8H,1-5,7H2,(H,13,17)(H,18,19). The van der Waals surface area contributed by atoms with E-state index in [1.54, 1.807) is 0 Å². The number of carbonyl (C=O) groups is 2. The van der Waals surface area contributed by atoms with Crippen LogP contribution in [-0.2, 0) is 11.3 Å². The molecule has 0 spiro atoms. The minimum atomic E-state index is -1.49. The summed E-state index contributed by atoms with van der Waals surface area (Å²) >= 11 is 0. The van der Waals surface area contributed by atoms with Crippen LogP contribution >= 0.6 is 0 Å². The van der Waals surface area contributed by atoms with E-state index in [2.05, 4.69) is 10.4 Å². The van der Waals surface area contributed by atoms with Crippen LogP contribution in [0.5, 0.6) is 0 Å². The highest BCUT2D eigenvalue weighted by Gasteiger charge is 2.26. The van der Waals surface area contributed by atoms with E-state index < -0.39 is 22.3 Å². The smallest absolute Gasteiger partial charge is 0.363 e. The van der Waals surface area contributed by atoms with E-state index in [0.717, 1.165) is 36.6 Å². The molecule has 0 bridgehead atoms. The number of nitro groups is 1. The summed E-state index contributed by atoms with van der Waals surface area (Å²) in [7, 11) is 0. The van der Waals surface area contributed by atoms with Crippen molar-refractivity contribution >= 4 is 17.6 Å². The number of amides is 1. The van der Waals surface area contributed by atoms with E-state index >= 15 is 0 Å². The molecular formula is C12H16N4O5. The van der Waals surface area contributed by atoms with E-state index in [1.165, 1.54) is 6.42 Å². The Morgan fingerprint density at radius 1 is 1.43 bits per heavy atom. The average molecular weight is 296 g/mol. The Morgan fingerprint density at radius 3 is 2.62 bits per heavy atom. The predicted molar refractivity (Wildman–Crippen MR) is 70.9 cm³/mol. The predicted octanol–water partition coefficient (Wildman–Crippen LogP) is 0.938. The topological polar surface area (TPSA) is 127 Å². The van der Waals surface area contributed by atoms with Crippen LogP contribution in [0.1, 0.15) is 42.6 Å². The third-order valence-electron chi connectivity index (χ3n) is 3.42. The quantitative estimate of drug-likeness (QED) is 0.614. The van der Waals surface area contributed by atoms with Gasteiger partial charge in [-0.05, 0) is 12.8 Å². The van der Waals surface area contributed by atoms with Crippen LogP contribution in [0.4, 0.5) is 5.69 Å². The van der Waals surface area contributed by atoms with Gasteiger partial charge in [-0.1, -0.05) is 19.3 Å². The number of hydrogen-bond donors (Lipinski definition) is 2. The van der Waals surface area contributed by atoms with Crippen molar-refractivity contribution in [2.45, 2.75) is 44.7 Å². The highest BCUT2D eigenvalue weighted by molar-refractivity contribution is 5.90. The first-order valence-electron chi connectivity index (χ1n) is 6.72. The van der Waals surface area contributed by atoms with E-state index in [1.807, 2.05) is 0 Å². The molecule has 1 aromatic heterocycles. The minimum absolute atomic E-state index is 0.121. The number of carboxylic acid groups (broad SMARTS) is 1. The minimum Gasteiger partial charge on any atom is -0.476 e. The Balaban J connectivity index is 2.01. The Labute approximate surface area is 120 Å². The number of rotatable bonds is 5. The summed E-state index contributed by atoms with van der Waals surface area (Å²) in [6.07, 6.45) is 6.11. The summed E-state index contributed by atoms with van der Waals surface area (Å²) in [5.74, 6) is -1.82. The van der Waals surface area contributed by atoms with E-state index in [0.29, 0.717) is 0 Å².